The number of esters is 1. The number of carbonyl (C=O) groups is 2. The molecule has 4 aromatic rings. The number of halogens is 6. The molecule has 2 aliphatic rings. The Kier molecular flexibility index (Phi) is 12.5. The van der Waals surface area contributed by atoms with E-state index in [9.17, 15) is 35.9 Å². The van der Waals surface area contributed by atoms with Crippen LogP contribution in [0.1, 0.15) is 91.1 Å². The summed E-state index contributed by atoms with van der Waals surface area (Å²) in [7, 11) is 0. The Morgan fingerprint density at radius 1 is 0.667 bits per heavy atom. The van der Waals surface area contributed by atoms with Gasteiger partial charge < -0.3 is 15.4 Å². The Hall–Kier alpha value is -5.32. The molecule has 2 aromatic carbocycles. The molecule has 0 saturated heterocycles. The van der Waals surface area contributed by atoms with E-state index in [2.05, 4.69) is 30.6 Å². The van der Waals surface area contributed by atoms with Gasteiger partial charge in [-0.3, -0.25) is 10.2 Å². The number of aromatic nitrogens is 4. The first-order valence-electron chi connectivity index (χ1n) is 16.1. The van der Waals surface area contributed by atoms with Gasteiger partial charge in [-0.05, 0) is 57.6 Å². The van der Waals surface area contributed by atoms with Crippen molar-refractivity contribution in [3.63, 3.8) is 0 Å². The van der Waals surface area contributed by atoms with Gasteiger partial charge in [0.1, 0.15) is 11.6 Å². The average molecular weight is 719 g/mol. The summed E-state index contributed by atoms with van der Waals surface area (Å²) in [5, 5.41) is 5.96. The number of nitrogens with zero attached hydrogens (tertiary/aromatic N) is 4. The number of anilines is 2. The van der Waals surface area contributed by atoms with Crippen molar-refractivity contribution in [1.29, 1.82) is 0 Å². The van der Waals surface area contributed by atoms with Crippen LogP contribution in [0.25, 0.3) is 0 Å². The Morgan fingerprint density at radius 2 is 1.04 bits per heavy atom. The molecule has 0 spiro atoms. The summed E-state index contributed by atoms with van der Waals surface area (Å²) in [5.41, 5.74) is 0.556. The summed E-state index contributed by atoms with van der Waals surface area (Å²) in [5.74, 6) is -2.12. The highest BCUT2D eigenvalue weighted by Gasteiger charge is 2.43. The first-order chi connectivity index (χ1) is 24.4. The average Bonchev–Trinajstić information content (AvgIpc) is 3.09. The highest BCUT2D eigenvalue weighted by Crippen LogP contribution is 2.46. The van der Waals surface area contributed by atoms with Crippen LogP contribution >= 0.6 is 0 Å². The molecule has 0 unspecified atom stereocenters. The summed E-state index contributed by atoms with van der Waals surface area (Å²) < 4.78 is 86.5. The summed E-state index contributed by atoms with van der Waals surface area (Å²) in [6.45, 7) is 5.92. The van der Waals surface area contributed by atoms with Crippen molar-refractivity contribution in [2.24, 2.45) is 5.84 Å². The predicted molar refractivity (Wildman–Crippen MR) is 174 cm³/mol. The van der Waals surface area contributed by atoms with E-state index in [-0.39, 0.29) is 40.8 Å². The third-order valence-electron chi connectivity index (χ3n) is 8.38. The number of carbonyl (C=O) groups excluding carboxylic acids is 2. The molecule has 6 rings (SSSR count). The van der Waals surface area contributed by atoms with Crippen LogP contribution in [-0.4, -0.2) is 38.4 Å². The van der Waals surface area contributed by atoms with Crippen LogP contribution in [0.15, 0.2) is 49.1 Å². The number of nitrogens with one attached hydrogen (secondary N) is 3. The maximum absolute atomic E-state index is 14.2. The minimum absolute atomic E-state index is 0.0278. The van der Waals surface area contributed by atoms with Gasteiger partial charge in [0.25, 0.3) is 5.91 Å². The van der Waals surface area contributed by atoms with E-state index in [0.29, 0.717) is 37.8 Å². The van der Waals surface area contributed by atoms with Gasteiger partial charge in [0, 0.05) is 48.0 Å². The van der Waals surface area contributed by atoms with Crippen molar-refractivity contribution in [3.05, 3.63) is 106 Å². The zero-order valence-electron chi connectivity index (χ0n) is 27.9. The zero-order chi connectivity index (χ0) is 37.3. The molecule has 11 nitrogen and oxygen atoms in total. The summed E-state index contributed by atoms with van der Waals surface area (Å²) in [6.07, 6.45) is 8.77. The van der Waals surface area contributed by atoms with Gasteiger partial charge in [-0.1, -0.05) is 13.8 Å². The van der Waals surface area contributed by atoms with Gasteiger partial charge in [0.05, 0.1) is 28.8 Å². The van der Waals surface area contributed by atoms with E-state index in [0.717, 1.165) is 25.0 Å². The minimum atomic E-state index is -1.24. The molecule has 17 heteroatoms. The quantitative estimate of drug-likeness (QED) is 0.0373. The second-order valence-electron chi connectivity index (χ2n) is 11.4. The van der Waals surface area contributed by atoms with E-state index >= 15 is 0 Å². The third kappa shape index (κ3) is 8.53. The highest BCUT2D eigenvalue weighted by atomic mass is 19.2. The molecule has 0 bridgehead atoms. The lowest BCUT2D eigenvalue weighted by Gasteiger charge is -2.43. The number of benzene rings is 2. The predicted octanol–water partition coefficient (Wildman–Crippen LogP) is 6.58. The molecule has 0 radical (unpaired) electrons. The van der Waals surface area contributed by atoms with E-state index < -0.39 is 57.9 Å². The van der Waals surface area contributed by atoms with Gasteiger partial charge in [0.2, 0.25) is 11.9 Å². The van der Waals surface area contributed by atoms with Crippen molar-refractivity contribution in [2.75, 3.05) is 17.2 Å². The first kappa shape index (κ1) is 38.5. The molecular formula is C34H36F6N8O3. The molecule has 272 valence electrons. The van der Waals surface area contributed by atoms with E-state index in [1.807, 2.05) is 19.3 Å². The monoisotopic (exact) mass is 718 g/mol. The minimum Gasteiger partial charge on any atom is -0.462 e. The molecule has 0 atom stereocenters. The maximum atomic E-state index is 14.2. The van der Waals surface area contributed by atoms with Gasteiger partial charge >= 0.3 is 5.97 Å². The molecule has 2 saturated carbocycles. The lowest BCUT2D eigenvalue weighted by molar-refractivity contribution is 0.0525. The summed E-state index contributed by atoms with van der Waals surface area (Å²) in [6, 6.07) is 2.79. The Morgan fingerprint density at radius 3 is 1.37 bits per heavy atom. The highest BCUT2D eigenvalue weighted by molar-refractivity contribution is 5.93. The van der Waals surface area contributed by atoms with Crippen LogP contribution in [0.3, 0.4) is 0 Å². The smallest absolute Gasteiger partial charge is 0.341 e. The Labute approximate surface area is 289 Å². The van der Waals surface area contributed by atoms with Gasteiger partial charge in [-0.25, -0.2) is 56.9 Å². The summed E-state index contributed by atoms with van der Waals surface area (Å²) >= 11 is 0. The van der Waals surface area contributed by atoms with E-state index in [1.165, 1.54) is 24.8 Å². The second-order valence-corrected chi connectivity index (χ2v) is 11.4. The fourth-order valence-corrected chi connectivity index (χ4v) is 5.50. The maximum Gasteiger partial charge on any atom is 0.341 e. The van der Waals surface area contributed by atoms with Gasteiger partial charge in [0.15, 0.2) is 23.3 Å². The zero-order valence-corrected chi connectivity index (χ0v) is 27.9. The second kappa shape index (κ2) is 16.6. The number of nitrogen functional groups attached to an aromatic ring is 1. The number of ether oxygens (including phenoxy) is 1. The number of hydrazine groups is 1. The molecule has 2 fully saturated rings. The van der Waals surface area contributed by atoms with Crippen LogP contribution in [0.5, 0.6) is 0 Å². The Bertz CT molecular complexity index is 1840. The van der Waals surface area contributed by atoms with Crippen molar-refractivity contribution >= 4 is 23.8 Å². The van der Waals surface area contributed by atoms with Crippen LogP contribution in [0.2, 0.25) is 0 Å². The first-order valence-corrected chi connectivity index (χ1v) is 16.1. The normalized spacial score (nSPS) is 14.9. The molecular weight excluding hydrogens is 682 g/mol. The summed E-state index contributed by atoms with van der Waals surface area (Å²) in [4.78, 5) is 39.0. The Balaban J connectivity index is 0.000000218. The molecule has 1 amide bonds. The third-order valence-corrected chi connectivity index (χ3v) is 8.38. The van der Waals surface area contributed by atoms with Crippen molar-refractivity contribution in [2.45, 2.75) is 70.4 Å². The molecule has 5 N–H and O–H groups in total. The molecule has 0 aliphatic heterocycles. The molecule has 51 heavy (non-hydrogen) atoms. The SMILES string of the molecule is CC.CCOC(=O)c1cnc(NC2(c3cc(F)c(F)cc3F)CCC2)nc1.NNC(=O)c1cnc(NC2(c3cc(F)c(F)cc3F)CCC2)nc1. The van der Waals surface area contributed by atoms with Crippen molar-refractivity contribution in [3.8, 4) is 0 Å². The van der Waals surface area contributed by atoms with Gasteiger partial charge in [-0.15, -0.1) is 0 Å². The number of nitrogens with two attached hydrogens (primary N) is 1. The number of hydrogen-bond acceptors (Lipinski definition) is 10. The topological polar surface area (TPSA) is 157 Å². The lowest BCUT2D eigenvalue weighted by atomic mass is 9.71. The van der Waals surface area contributed by atoms with Gasteiger partial charge in [-0.2, -0.15) is 0 Å². The molecule has 2 heterocycles. The fraction of sp³-hybridized carbons (Fsp3) is 0.353. The lowest BCUT2D eigenvalue weighted by Crippen LogP contribution is -2.43. The van der Waals surface area contributed by atoms with Crippen LogP contribution < -0.4 is 21.9 Å². The van der Waals surface area contributed by atoms with Crippen molar-refractivity contribution < 1.29 is 40.7 Å². The van der Waals surface area contributed by atoms with E-state index in [1.54, 1.807) is 6.92 Å². The van der Waals surface area contributed by atoms with Crippen molar-refractivity contribution in [1.82, 2.24) is 25.4 Å². The number of amides is 1. The number of rotatable bonds is 9. The van der Waals surface area contributed by atoms with Crippen LogP contribution in [0, 0.1) is 34.9 Å². The van der Waals surface area contributed by atoms with Crippen LogP contribution in [-0.2, 0) is 15.8 Å². The molecule has 2 aliphatic carbocycles. The number of hydrogen-bond donors (Lipinski definition) is 4. The van der Waals surface area contributed by atoms with Crippen LogP contribution in [0.4, 0.5) is 38.2 Å². The largest absolute Gasteiger partial charge is 0.462 e. The molecule has 2 aromatic heterocycles. The van der Waals surface area contributed by atoms with E-state index in [4.69, 9.17) is 10.6 Å². The standard InChI is InChI=1S/C17H16F3N3O2.C15H14F3N5O.C2H6/c1-2-25-15(24)10-8-21-16(22-9-10)23-17(4-3-5-17)11-6-13(19)14(20)7-12(11)18;16-10-5-12(18)11(17)4-9(10)15(2-1-3-15)22-14-20-6-8(7-21-14)13(24)23-19;1-2/h6-9H,2-5H2,1H3,(H,21,22,23);4-7H,1-3,19H2,(H,23,24)(H,20,21,22);1-2H3. The fourth-order valence-electron chi connectivity index (χ4n) is 5.50.